The number of benzene rings is 1. The molecule has 136 valence electrons. The molecule has 0 aliphatic carbocycles. The summed E-state index contributed by atoms with van der Waals surface area (Å²) in [5.74, 6) is 0.256. The number of carbonyl (C=O) groups excluding carboxylic acids is 1. The van der Waals surface area contributed by atoms with Crippen molar-refractivity contribution < 1.29 is 4.79 Å². The predicted molar refractivity (Wildman–Crippen MR) is 106 cm³/mol. The summed E-state index contributed by atoms with van der Waals surface area (Å²) in [5, 5.41) is 18.0. The van der Waals surface area contributed by atoms with E-state index in [4.69, 9.17) is 0 Å². The molecular weight excluding hydrogens is 436 g/mol. The number of halogens is 1. The molecule has 0 saturated carbocycles. The summed E-state index contributed by atoms with van der Waals surface area (Å²) in [6, 6.07) is 5.69. The van der Waals surface area contributed by atoms with E-state index in [0.717, 1.165) is 20.1 Å². The second-order valence-electron chi connectivity index (χ2n) is 5.88. The predicted octanol–water partition coefficient (Wildman–Crippen LogP) is 3.88. The van der Waals surface area contributed by atoms with Gasteiger partial charge in [0.15, 0.2) is 0 Å². The van der Waals surface area contributed by atoms with Gasteiger partial charge in [0.05, 0.1) is 22.8 Å². The van der Waals surface area contributed by atoms with Crippen LogP contribution in [0.3, 0.4) is 0 Å². The zero-order valence-corrected chi connectivity index (χ0v) is 17.7. The van der Waals surface area contributed by atoms with Crippen LogP contribution in [0.15, 0.2) is 38.1 Å². The number of nitrogens with one attached hydrogen (secondary N) is 1. The Kier molecular flexibility index (Phi) is 6.05. The average Bonchev–Trinajstić information content (AvgIpc) is 3.19. The Morgan fingerprint density at radius 2 is 2.23 bits per heavy atom. The third-order valence-corrected chi connectivity index (χ3v) is 6.20. The lowest BCUT2D eigenvalue weighted by Crippen LogP contribution is -2.15. The summed E-state index contributed by atoms with van der Waals surface area (Å²) in [5.41, 5.74) is 1.49. The second kappa shape index (κ2) is 8.28. The number of rotatable bonds is 6. The Labute approximate surface area is 167 Å². The van der Waals surface area contributed by atoms with Gasteiger partial charge in [-0.3, -0.25) is 4.79 Å². The summed E-state index contributed by atoms with van der Waals surface area (Å²) >= 11 is 6.43. The molecule has 2 aromatic heterocycles. The van der Waals surface area contributed by atoms with Gasteiger partial charge < -0.3 is 5.32 Å². The van der Waals surface area contributed by atoms with E-state index in [2.05, 4.69) is 55.6 Å². The third kappa shape index (κ3) is 4.68. The van der Waals surface area contributed by atoms with Crippen LogP contribution < -0.4 is 5.32 Å². The molecule has 0 atom stereocenters. The number of nitrogens with zero attached hydrogens (tertiary/aromatic N) is 5. The van der Waals surface area contributed by atoms with Crippen molar-refractivity contribution >= 4 is 50.6 Å². The molecule has 0 unspecified atom stereocenters. The first-order chi connectivity index (χ1) is 12.4. The zero-order valence-electron chi connectivity index (χ0n) is 14.4. The molecule has 1 N–H and O–H groups in total. The van der Waals surface area contributed by atoms with Crippen LogP contribution in [-0.4, -0.2) is 31.1 Å². The maximum Gasteiger partial charge on any atom is 0.230 e. The summed E-state index contributed by atoms with van der Waals surface area (Å²) in [4.78, 5) is 17.9. The number of aromatic nitrogens is 5. The van der Waals surface area contributed by atoms with E-state index < -0.39 is 0 Å². The maximum absolute atomic E-state index is 12.5. The molecule has 1 aromatic carbocycles. The number of carbonyl (C=O) groups is 1. The van der Waals surface area contributed by atoms with Gasteiger partial charge in [0.1, 0.15) is 0 Å². The Morgan fingerprint density at radius 3 is 2.88 bits per heavy atom. The Bertz CT molecular complexity index is 923. The van der Waals surface area contributed by atoms with Gasteiger partial charge in [0, 0.05) is 27.7 Å². The fourth-order valence-electron chi connectivity index (χ4n) is 2.12. The van der Waals surface area contributed by atoms with Crippen LogP contribution in [0, 0.1) is 0 Å². The van der Waals surface area contributed by atoms with Gasteiger partial charge >= 0.3 is 0 Å². The van der Waals surface area contributed by atoms with E-state index in [9.17, 15) is 4.79 Å². The second-order valence-corrected chi connectivity index (χ2v) is 8.70. The largest absolute Gasteiger partial charge is 0.325 e. The molecule has 7 nitrogen and oxygen atoms in total. The molecule has 1 amide bonds. The SMILES string of the molecule is CC(C)c1nc(CC(=O)Nc2cc(Br)ccc2Sc2nnnn2C)cs1. The van der Waals surface area contributed by atoms with E-state index in [1.807, 2.05) is 23.6 Å². The molecule has 0 spiro atoms. The fourth-order valence-corrected chi connectivity index (χ4v) is 4.12. The van der Waals surface area contributed by atoms with Crippen molar-refractivity contribution in [1.82, 2.24) is 25.2 Å². The lowest BCUT2D eigenvalue weighted by Gasteiger charge is -2.10. The van der Waals surface area contributed by atoms with Crippen molar-refractivity contribution in [2.75, 3.05) is 5.32 Å². The first kappa shape index (κ1) is 19.0. The normalized spacial score (nSPS) is 11.1. The molecule has 0 bridgehead atoms. The van der Waals surface area contributed by atoms with Crippen LogP contribution in [0.1, 0.15) is 30.5 Å². The van der Waals surface area contributed by atoms with Crippen molar-refractivity contribution in [3.05, 3.63) is 38.8 Å². The van der Waals surface area contributed by atoms with E-state index in [1.165, 1.54) is 11.8 Å². The highest BCUT2D eigenvalue weighted by molar-refractivity contribution is 9.10. The molecule has 10 heteroatoms. The molecule has 26 heavy (non-hydrogen) atoms. The quantitative estimate of drug-likeness (QED) is 0.610. The number of thiazole rings is 1. The van der Waals surface area contributed by atoms with E-state index in [-0.39, 0.29) is 12.3 Å². The van der Waals surface area contributed by atoms with E-state index in [0.29, 0.717) is 16.8 Å². The van der Waals surface area contributed by atoms with Gasteiger partial charge in [0.2, 0.25) is 11.1 Å². The van der Waals surface area contributed by atoms with Crippen LogP contribution in [-0.2, 0) is 18.3 Å². The smallest absolute Gasteiger partial charge is 0.230 e. The number of anilines is 1. The number of hydrogen-bond acceptors (Lipinski definition) is 7. The van der Waals surface area contributed by atoms with Crippen molar-refractivity contribution in [1.29, 1.82) is 0 Å². The van der Waals surface area contributed by atoms with Crippen LogP contribution in [0.25, 0.3) is 0 Å². The minimum Gasteiger partial charge on any atom is -0.325 e. The summed E-state index contributed by atoms with van der Waals surface area (Å²) < 4.78 is 2.46. The Balaban J connectivity index is 1.74. The van der Waals surface area contributed by atoms with Crippen LogP contribution in [0.4, 0.5) is 5.69 Å². The average molecular weight is 453 g/mol. The molecule has 0 aliphatic heterocycles. The Morgan fingerprint density at radius 1 is 1.42 bits per heavy atom. The molecule has 0 aliphatic rings. The first-order valence-corrected chi connectivity index (χ1v) is 10.3. The fraction of sp³-hybridized carbons (Fsp3) is 0.312. The van der Waals surface area contributed by atoms with Gasteiger partial charge in [-0.1, -0.05) is 29.8 Å². The minimum atomic E-state index is -0.110. The molecule has 0 saturated heterocycles. The molecule has 3 rings (SSSR count). The molecule has 3 aromatic rings. The van der Waals surface area contributed by atoms with E-state index >= 15 is 0 Å². The highest BCUT2D eigenvalue weighted by Gasteiger charge is 2.14. The molecule has 2 heterocycles. The summed E-state index contributed by atoms with van der Waals surface area (Å²) in [6.07, 6.45) is 0.241. The maximum atomic E-state index is 12.5. The van der Waals surface area contributed by atoms with Gasteiger partial charge in [-0.05, 0) is 40.4 Å². The highest BCUT2D eigenvalue weighted by atomic mass is 79.9. The minimum absolute atomic E-state index is 0.110. The topological polar surface area (TPSA) is 85.6 Å². The number of tetrazole rings is 1. The van der Waals surface area contributed by atoms with Crippen molar-refractivity contribution in [3.8, 4) is 0 Å². The molecule has 0 radical (unpaired) electrons. The zero-order chi connectivity index (χ0) is 18.7. The van der Waals surface area contributed by atoms with E-state index in [1.54, 1.807) is 23.1 Å². The van der Waals surface area contributed by atoms with Crippen LogP contribution >= 0.6 is 39.0 Å². The van der Waals surface area contributed by atoms with Gasteiger partial charge in [-0.15, -0.1) is 16.4 Å². The lowest BCUT2D eigenvalue weighted by molar-refractivity contribution is -0.115. The summed E-state index contributed by atoms with van der Waals surface area (Å²) in [6.45, 7) is 4.18. The molecule has 0 fully saturated rings. The van der Waals surface area contributed by atoms with Crippen LogP contribution in [0.5, 0.6) is 0 Å². The van der Waals surface area contributed by atoms with Crippen molar-refractivity contribution in [2.24, 2.45) is 7.05 Å². The highest BCUT2D eigenvalue weighted by Crippen LogP contribution is 2.34. The number of hydrogen-bond donors (Lipinski definition) is 1. The van der Waals surface area contributed by atoms with Crippen LogP contribution in [0.2, 0.25) is 0 Å². The summed E-state index contributed by atoms with van der Waals surface area (Å²) in [7, 11) is 1.77. The Hall–Kier alpha value is -1.78. The van der Waals surface area contributed by atoms with Gasteiger partial charge in [-0.2, -0.15) is 0 Å². The number of amides is 1. The van der Waals surface area contributed by atoms with Crippen molar-refractivity contribution in [3.63, 3.8) is 0 Å². The monoisotopic (exact) mass is 452 g/mol. The number of aryl methyl sites for hydroxylation is 1. The third-order valence-electron chi connectivity index (χ3n) is 3.40. The van der Waals surface area contributed by atoms with Gasteiger partial charge in [0.25, 0.3) is 0 Å². The molecular formula is C16H17BrN6OS2. The van der Waals surface area contributed by atoms with Gasteiger partial charge in [-0.25, -0.2) is 9.67 Å². The lowest BCUT2D eigenvalue weighted by atomic mass is 10.2. The van der Waals surface area contributed by atoms with Crippen molar-refractivity contribution in [2.45, 2.75) is 36.2 Å². The standard InChI is InChI=1S/C16H17BrN6OS2/c1-9(2)15-18-11(8-25-15)7-14(24)19-12-6-10(17)4-5-13(12)26-16-20-21-22-23(16)3/h4-6,8-9H,7H2,1-3H3,(H,19,24). The first-order valence-electron chi connectivity index (χ1n) is 7.86.